The van der Waals surface area contributed by atoms with Gasteiger partial charge in [0, 0.05) is 50.7 Å². The van der Waals surface area contributed by atoms with Crippen LogP contribution in [0.1, 0.15) is 35.2 Å². The molecule has 0 spiro atoms. The molecule has 5 rings (SSSR count). The van der Waals surface area contributed by atoms with Crippen molar-refractivity contribution >= 4 is 23.2 Å². The number of anilines is 2. The monoisotopic (exact) mass is 543 g/mol. The summed E-state index contributed by atoms with van der Waals surface area (Å²) in [5, 5.41) is 3.05. The highest BCUT2D eigenvalue weighted by Gasteiger charge is 2.33. The van der Waals surface area contributed by atoms with E-state index in [9.17, 15) is 14.0 Å². The Morgan fingerprint density at radius 1 is 0.975 bits per heavy atom. The number of carbonyl (C=O) groups excluding carboxylic acids is 2. The van der Waals surface area contributed by atoms with Gasteiger partial charge < -0.3 is 25.8 Å². The first-order chi connectivity index (χ1) is 19.4. The average molecular weight is 544 g/mol. The Kier molecular flexibility index (Phi) is 8.77. The van der Waals surface area contributed by atoms with Crippen LogP contribution in [0.15, 0.2) is 66.7 Å². The van der Waals surface area contributed by atoms with Gasteiger partial charge in [-0.2, -0.15) is 0 Å². The van der Waals surface area contributed by atoms with Gasteiger partial charge in [-0.1, -0.05) is 30.3 Å². The van der Waals surface area contributed by atoms with E-state index in [-0.39, 0.29) is 23.3 Å². The minimum atomic E-state index is -0.446. The van der Waals surface area contributed by atoms with Crippen molar-refractivity contribution in [1.82, 2.24) is 9.80 Å². The third-order valence-electron chi connectivity index (χ3n) is 7.68. The van der Waals surface area contributed by atoms with Crippen molar-refractivity contribution in [3.63, 3.8) is 0 Å². The van der Waals surface area contributed by atoms with Crippen LogP contribution in [-0.4, -0.2) is 67.9 Å². The number of piperazine rings is 1. The molecule has 3 aromatic rings. The molecule has 2 aliphatic rings. The summed E-state index contributed by atoms with van der Waals surface area (Å²) in [4.78, 5) is 32.5. The predicted octanol–water partition coefficient (Wildman–Crippen LogP) is 4.58. The van der Waals surface area contributed by atoms with E-state index < -0.39 is 5.82 Å². The Bertz CT molecular complexity index is 1350. The number of rotatable bonds is 10. The van der Waals surface area contributed by atoms with Gasteiger partial charge in [-0.25, -0.2) is 4.39 Å². The number of hydrogen-bond donors (Lipinski definition) is 2. The normalized spacial score (nSPS) is 15.6. The fourth-order valence-electron chi connectivity index (χ4n) is 5.17. The molecule has 2 amide bonds. The molecule has 210 valence electrons. The van der Waals surface area contributed by atoms with Gasteiger partial charge in [-0.3, -0.25) is 9.59 Å². The maximum Gasteiger partial charge on any atom is 0.255 e. The van der Waals surface area contributed by atoms with Gasteiger partial charge >= 0.3 is 0 Å². The van der Waals surface area contributed by atoms with E-state index >= 15 is 0 Å². The zero-order chi connectivity index (χ0) is 28.1. The van der Waals surface area contributed by atoms with Crippen LogP contribution < -0.4 is 16.0 Å². The Balaban J connectivity index is 1.42. The topological polar surface area (TPSA) is 81.9 Å². The molecule has 1 aliphatic carbocycles. The molecule has 1 saturated carbocycles. The first-order valence-electron chi connectivity index (χ1n) is 14.1. The molecule has 7 nitrogen and oxygen atoms in total. The van der Waals surface area contributed by atoms with Crippen LogP contribution in [0.5, 0.6) is 0 Å². The third-order valence-corrected chi connectivity index (χ3v) is 7.68. The number of carbonyl (C=O) groups is 2. The first kappa shape index (κ1) is 27.8. The van der Waals surface area contributed by atoms with Crippen molar-refractivity contribution < 1.29 is 14.0 Å². The van der Waals surface area contributed by atoms with E-state index in [0.29, 0.717) is 25.3 Å². The van der Waals surface area contributed by atoms with Crippen molar-refractivity contribution in [3.05, 3.63) is 83.7 Å². The van der Waals surface area contributed by atoms with Crippen molar-refractivity contribution in [3.8, 4) is 11.1 Å². The Morgan fingerprint density at radius 3 is 2.45 bits per heavy atom. The highest BCUT2D eigenvalue weighted by molar-refractivity contribution is 6.06. The van der Waals surface area contributed by atoms with Gasteiger partial charge in [-0.05, 0) is 85.9 Å². The minimum Gasteiger partial charge on any atom is -0.367 e. The van der Waals surface area contributed by atoms with Crippen molar-refractivity contribution in [2.75, 3.05) is 56.5 Å². The first-order valence-corrected chi connectivity index (χ1v) is 14.1. The van der Waals surface area contributed by atoms with Gasteiger partial charge in [0.25, 0.3) is 5.91 Å². The maximum atomic E-state index is 13.8. The number of nitrogens with one attached hydrogen (secondary N) is 1. The molecule has 1 saturated heterocycles. The highest BCUT2D eigenvalue weighted by atomic mass is 19.1. The lowest BCUT2D eigenvalue weighted by molar-refractivity contribution is -0.133. The van der Waals surface area contributed by atoms with Crippen LogP contribution in [0.2, 0.25) is 0 Å². The van der Waals surface area contributed by atoms with Crippen LogP contribution in [0.3, 0.4) is 0 Å². The number of nitrogens with two attached hydrogens (primary N) is 1. The zero-order valence-corrected chi connectivity index (χ0v) is 23.1. The predicted molar refractivity (Wildman–Crippen MR) is 158 cm³/mol. The van der Waals surface area contributed by atoms with Gasteiger partial charge in [0.1, 0.15) is 5.82 Å². The lowest BCUT2D eigenvalue weighted by Crippen LogP contribution is -2.44. The minimum absolute atomic E-state index is 0.160. The molecule has 0 radical (unpaired) electrons. The fourth-order valence-corrected chi connectivity index (χ4v) is 5.17. The molecule has 40 heavy (non-hydrogen) atoms. The molecule has 0 atom stereocenters. The summed E-state index contributed by atoms with van der Waals surface area (Å²) in [5.74, 6) is -0.418. The van der Waals surface area contributed by atoms with E-state index in [4.69, 9.17) is 5.73 Å². The number of benzene rings is 3. The van der Waals surface area contributed by atoms with Gasteiger partial charge in [-0.15, -0.1) is 0 Å². The van der Waals surface area contributed by atoms with Crippen molar-refractivity contribution in [2.24, 2.45) is 11.7 Å². The molecule has 0 aromatic heterocycles. The second kappa shape index (κ2) is 12.6. The number of amides is 2. The molecular weight excluding hydrogens is 505 g/mol. The summed E-state index contributed by atoms with van der Waals surface area (Å²) in [5.41, 5.74) is 10.7. The summed E-state index contributed by atoms with van der Waals surface area (Å²) < 4.78 is 13.8. The largest absolute Gasteiger partial charge is 0.367 e. The summed E-state index contributed by atoms with van der Waals surface area (Å²) in [6.45, 7) is 5.32. The van der Waals surface area contributed by atoms with Gasteiger partial charge in [0.15, 0.2) is 0 Å². The third kappa shape index (κ3) is 6.87. The van der Waals surface area contributed by atoms with Crippen LogP contribution in [0.25, 0.3) is 11.1 Å². The van der Waals surface area contributed by atoms with Crippen LogP contribution in [0, 0.1) is 11.7 Å². The maximum absolute atomic E-state index is 13.8. The van der Waals surface area contributed by atoms with E-state index in [2.05, 4.69) is 40.4 Å². The molecule has 2 fully saturated rings. The lowest BCUT2D eigenvalue weighted by Gasteiger charge is -2.35. The molecule has 8 heteroatoms. The quantitative estimate of drug-likeness (QED) is 0.391. The highest BCUT2D eigenvalue weighted by Crippen LogP contribution is 2.34. The molecular formula is C32H38FN5O2. The second-order valence-electron chi connectivity index (χ2n) is 10.9. The van der Waals surface area contributed by atoms with E-state index in [1.54, 1.807) is 12.1 Å². The Morgan fingerprint density at radius 2 is 1.73 bits per heavy atom. The Hall–Kier alpha value is -3.75. The number of nitrogens with zero attached hydrogens (tertiary/aromatic N) is 3. The summed E-state index contributed by atoms with van der Waals surface area (Å²) in [6, 6.07) is 20.1. The summed E-state index contributed by atoms with van der Waals surface area (Å²) in [7, 11) is 2.11. The Labute approximate surface area is 235 Å². The van der Waals surface area contributed by atoms with E-state index in [0.717, 1.165) is 67.8 Å². The molecule has 0 bridgehead atoms. The smallest absolute Gasteiger partial charge is 0.255 e. The number of likely N-dealkylation sites (N-methyl/N-ethyl adjacent to an activating group) is 1. The molecule has 3 N–H and O–H groups in total. The molecule has 1 heterocycles. The average Bonchev–Trinajstić information content (AvgIpc) is 3.81. The standard InChI is InChI=1S/C32H38FN5O2/c1-36-15-17-37(18-16-36)30-12-11-26(21-29(30)35-31(39)27-7-3-8-28(33)20-27)25-6-2-5-23(19-25)22-38(14-4-13-34)32(40)24-9-10-24/h2-3,5-8,11-12,19-21,24H,4,9-10,13-18,22,34H2,1H3,(H,35,39). The summed E-state index contributed by atoms with van der Waals surface area (Å²) >= 11 is 0. The van der Waals surface area contributed by atoms with E-state index in [1.807, 2.05) is 29.2 Å². The number of halogens is 1. The van der Waals surface area contributed by atoms with Crippen LogP contribution in [-0.2, 0) is 11.3 Å². The SMILES string of the molecule is CN1CCN(c2ccc(-c3cccc(CN(CCCN)C(=O)C4CC4)c3)cc2NC(=O)c2cccc(F)c2)CC1. The molecule has 3 aromatic carbocycles. The van der Waals surface area contributed by atoms with Crippen molar-refractivity contribution in [1.29, 1.82) is 0 Å². The second-order valence-corrected chi connectivity index (χ2v) is 10.9. The van der Waals surface area contributed by atoms with Crippen LogP contribution >= 0.6 is 0 Å². The fraction of sp³-hybridized carbons (Fsp3) is 0.375. The van der Waals surface area contributed by atoms with Crippen LogP contribution in [0.4, 0.5) is 15.8 Å². The van der Waals surface area contributed by atoms with E-state index in [1.165, 1.54) is 12.1 Å². The lowest BCUT2D eigenvalue weighted by atomic mass is 10.0. The summed E-state index contributed by atoms with van der Waals surface area (Å²) in [6.07, 6.45) is 2.73. The molecule has 0 unspecified atom stereocenters. The van der Waals surface area contributed by atoms with Crippen molar-refractivity contribution in [2.45, 2.75) is 25.8 Å². The number of hydrogen-bond acceptors (Lipinski definition) is 5. The molecule has 1 aliphatic heterocycles. The van der Waals surface area contributed by atoms with Gasteiger partial charge in [0.2, 0.25) is 5.91 Å². The zero-order valence-electron chi connectivity index (χ0n) is 23.1. The van der Waals surface area contributed by atoms with Gasteiger partial charge in [0.05, 0.1) is 11.4 Å².